The van der Waals surface area contributed by atoms with E-state index in [1.165, 1.54) is 17.3 Å². The number of carbonyl (C=O) groups excluding carboxylic acids is 1. The molecule has 32 heavy (non-hydrogen) atoms. The SMILES string of the molecule is CCn1c(COc2ccc(C(C)(C)C)cc2)nnc1SCC(=O)Nc1c(C)cccc1C. The zero-order valence-electron chi connectivity index (χ0n) is 19.7. The standard InChI is InChI=1S/C25H32N4O2S/c1-7-29-21(15-31-20-13-11-19(12-14-20)25(4,5)6)27-28-24(29)32-16-22(30)26-23-17(2)9-8-10-18(23)3/h8-14H,7,15-16H2,1-6H3,(H,26,30). The van der Waals surface area contributed by atoms with Gasteiger partial charge in [-0.3, -0.25) is 4.79 Å². The molecule has 0 aliphatic carbocycles. The summed E-state index contributed by atoms with van der Waals surface area (Å²) >= 11 is 1.38. The summed E-state index contributed by atoms with van der Waals surface area (Å²) in [6.07, 6.45) is 0. The Morgan fingerprint density at radius 2 is 1.72 bits per heavy atom. The Hall–Kier alpha value is -2.80. The van der Waals surface area contributed by atoms with Crippen LogP contribution in [-0.4, -0.2) is 26.4 Å². The number of amides is 1. The summed E-state index contributed by atoms with van der Waals surface area (Å²) in [5.41, 5.74) is 4.35. The highest BCUT2D eigenvalue weighted by molar-refractivity contribution is 7.99. The molecule has 0 atom stereocenters. The van der Waals surface area contributed by atoms with Crippen molar-refractivity contribution in [3.05, 3.63) is 65.0 Å². The molecule has 1 heterocycles. The Labute approximate surface area is 194 Å². The lowest BCUT2D eigenvalue weighted by Crippen LogP contribution is -2.16. The number of anilines is 1. The van der Waals surface area contributed by atoms with Gasteiger partial charge in [0.25, 0.3) is 0 Å². The van der Waals surface area contributed by atoms with Crippen LogP contribution in [0.5, 0.6) is 5.75 Å². The summed E-state index contributed by atoms with van der Waals surface area (Å²) in [5, 5.41) is 12.3. The van der Waals surface area contributed by atoms with E-state index in [0.29, 0.717) is 18.3 Å². The summed E-state index contributed by atoms with van der Waals surface area (Å²) in [7, 11) is 0. The highest BCUT2D eigenvalue weighted by atomic mass is 32.2. The molecule has 1 aromatic heterocycles. The topological polar surface area (TPSA) is 69.0 Å². The number of para-hydroxylation sites is 1. The van der Waals surface area contributed by atoms with Crippen molar-refractivity contribution in [2.75, 3.05) is 11.1 Å². The Bertz CT molecular complexity index is 1050. The Kier molecular flexibility index (Phi) is 7.61. The zero-order chi connectivity index (χ0) is 23.3. The van der Waals surface area contributed by atoms with Gasteiger partial charge in [0, 0.05) is 12.2 Å². The molecule has 1 N–H and O–H groups in total. The molecule has 6 nitrogen and oxygen atoms in total. The van der Waals surface area contributed by atoms with E-state index in [0.717, 1.165) is 28.4 Å². The maximum absolute atomic E-state index is 12.5. The van der Waals surface area contributed by atoms with E-state index < -0.39 is 0 Å². The number of aromatic nitrogens is 3. The van der Waals surface area contributed by atoms with Crippen LogP contribution in [0.25, 0.3) is 0 Å². The van der Waals surface area contributed by atoms with Crippen molar-refractivity contribution in [3.63, 3.8) is 0 Å². The van der Waals surface area contributed by atoms with Crippen LogP contribution < -0.4 is 10.1 Å². The predicted octanol–water partition coefficient (Wildman–Crippen LogP) is 5.52. The van der Waals surface area contributed by atoms with Gasteiger partial charge in [-0.15, -0.1) is 10.2 Å². The number of carbonyl (C=O) groups is 1. The van der Waals surface area contributed by atoms with Gasteiger partial charge < -0.3 is 14.6 Å². The largest absolute Gasteiger partial charge is 0.486 e. The summed E-state index contributed by atoms with van der Waals surface area (Å²) in [4.78, 5) is 12.5. The second kappa shape index (κ2) is 10.2. The first kappa shape index (κ1) is 23.9. The van der Waals surface area contributed by atoms with Gasteiger partial charge in [0.2, 0.25) is 5.91 Å². The lowest BCUT2D eigenvalue weighted by Gasteiger charge is -2.19. The fourth-order valence-corrected chi connectivity index (χ4v) is 4.19. The van der Waals surface area contributed by atoms with E-state index in [2.05, 4.69) is 48.4 Å². The van der Waals surface area contributed by atoms with Gasteiger partial charge in [-0.25, -0.2) is 0 Å². The molecule has 0 radical (unpaired) electrons. The Balaban J connectivity index is 1.59. The average Bonchev–Trinajstić information content (AvgIpc) is 3.15. The van der Waals surface area contributed by atoms with Crippen LogP contribution in [0.15, 0.2) is 47.6 Å². The van der Waals surface area contributed by atoms with Crippen LogP contribution in [0.3, 0.4) is 0 Å². The normalized spacial score (nSPS) is 11.4. The molecule has 0 bridgehead atoms. The second-order valence-corrected chi connectivity index (χ2v) is 9.75. The van der Waals surface area contributed by atoms with Crippen LogP contribution in [0.2, 0.25) is 0 Å². The molecule has 0 spiro atoms. The first-order valence-electron chi connectivity index (χ1n) is 10.8. The van der Waals surface area contributed by atoms with Crippen LogP contribution in [0.1, 0.15) is 50.2 Å². The monoisotopic (exact) mass is 452 g/mol. The van der Waals surface area contributed by atoms with Crippen molar-refractivity contribution in [1.29, 1.82) is 0 Å². The van der Waals surface area contributed by atoms with E-state index in [1.807, 2.05) is 55.7 Å². The molecule has 0 unspecified atom stereocenters. The smallest absolute Gasteiger partial charge is 0.234 e. The van der Waals surface area contributed by atoms with E-state index >= 15 is 0 Å². The van der Waals surface area contributed by atoms with Crippen molar-refractivity contribution < 1.29 is 9.53 Å². The summed E-state index contributed by atoms with van der Waals surface area (Å²) < 4.78 is 7.92. The van der Waals surface area contributed by atoms with Crippen molar-refractivity contribution in [2.24, 2.45) is 0 Å². The summed E-state index contributed by atoms with van der Waals surface area (Å²) in [5.74, 6) is 1.74. The average molecular weight is 453 g/mol. The molecule has 0 fully saturated rings. The van der Waals surface area contributed by atoms with Gasteiger partial charge in [0.05, 0.1) is 5.75 Å². The number of rotatable bonds is 8. The number of aryl methyl sites for hydroxylation is 2. The summed E-state index contributed by atoms with van der Waals surface area (Å²) in [6, 6.07) is 14.1. The number of thioether (sulfide) groups is 1. The quantitative estimate of drug-likeness (QED) is 0.456. The maximum Gasteiger partial charge on any atom is 0.234 e. The molecule has 170 valence electrons. The van der Waals surface area contributed by atoms with Crippen molar-refractivity contribution in [2.45, 2.75) is 65.3 Å². The van der Waals surface area contributed by atoms with Gasteiger partial charge in [0.15, 0.2) is 11.0 Å². The van der Waals surface area contributed by atoms with Gasteiger partial charge in [-0.05, 0) is 55.0 Å². The van der Waals surface area contributed by atoms with Crippen LogP contribution in [-0.2, 0) is 23.4 Å². The molecule has 7 heteroatoms. The highest BCUT2D eigenvalue weighted by Gasteiger charge is 2.16. The van der Waals surface area contributed by atoms with E-state index in [-0.39, 0.29) is 17.1 Å². The molecule has 1 amide bonds. The molecule has 3 aromatic rings. The number of nitrogens with one attached hydrogen (secondary N) is 1. The zero-order valence-corrected chi connectivity index (χ0v) is 20.5. The molecule has 2 aromatic carbocycles. The minimum atomic E-state index is -0.0604. The fourth-order valence-electron chi connectivity index (χ4n) is 3.37. The summed E-state index contributed by atoms with van der Waals surface area (Å²) in [6.45, 7) is 13.6. The Morgan fingerprint density at radius 1 is 1.06 bits per heavy atom. The van der Waals surface area contributed by atoms with Crippen molar-refractivity contribution in [3.8, 4) is 5.75 Å². The van der Waals surface area contributed by atoms with Gasteiger partial charge >= 0.3 is 0 Å². The minimum Gasteiger partial charge on any atom is -0.486 e. The third-order valence-corrected chi connectivity index (χ3v) is 6.24. The number of nitrogens with zero attached hydrogens (tertiary/aromatic N) is 3. The van der Waals surface area contributed by atoms with Crippen molar-refractivity contribution in [1.82, 2.24) is 14.8 Å². The van der Waals surface area contributed by atoms with Gasteiger partial charge in [0.1, 0.15) is 12.4 Å². The van der Waals surface area contributed by atoms with Crippen LogP contribution in [0.4, 0.5) is 5.69 Å². The molecular weight excluding hydrogens is 420 g/mol. The molecule has 0 saturated heterocycles. The van der Waals surface area contributed by atoms with Gasteiger partial charge in [-0.1, -0.05) is 62.9 Å². The van der Waals surface area contributed by atoms with Gasteiger partial charge in [-0.2, -0.15) is 0 Å². The lowest BCUT2D eigenvalue weighted by atomic mass is 9.87. The second-order valence-electron chi connectivity index (χ2n) is 8.81. The third kappa shape index (κ3) is 5.91. The molecule has 3 rings (SSSR count). The predicted molar refractivity (Wildman–Crippen MR) is 130 cm³/mol. The van der Waals surface area contributed by atoms with Crippen LogP contribution >= 0.6 is 11.8 Å². The lowest BCUT2D eigenvalue weighted by molar-refractivity contribution is -0.113. The number of hydrogen-bond donors (Lipinski definition) is 1. The first-order valence-corrected chi connectivity index (χ1v) is 11.8. The number of benzene rings is 2. The molecule has 0 saturated carbocycles. The molecule has 0 aliphatic rings. The third-order valence-electron chi connectivity index (χ3n) is 5.28. The fraction of sp³-hybridized carbons (Fsp3) is 0.400. The molecule has 0 aliphatic heterocycles. The maximum atomic E-state index is 12.5. The number of hydrogen-bond acceptors (Lipinski definition) is 5. The molecular formula is C25H32N4O2S. The van der Waals surface area contributed by atoms with E-state index in [4.69, 9.17) is 4.74 Å². The minimum absolute atomic E-state index is 0.0604. The van der Waals surface area contributed by atoms with Crippen molar-refractivity contribution >= 4 is 23.4 Å². The highest BCUT2D eigenvalue weighted by Crippen LogP contribution is 2.25. The number of ether oxygens (including phenoxy) is 1. The van der Waals surface area contributed by atoms with E-state index in [1.54, 1.807) is 0 Å². The Morgan fingerprint density at radius 3 is 2.31 bits per heavy atom. The first-order chi connectivity index (χ1) is 15.2. The van der Waals surface area contributed by atoms with E-state index in [9.17, 15) is 4.79 Å². The van der Waals surface area contributed by atoms with Crippen LogP contribution in [0, 0.1) is 13.8 Å².